The molecule has 27 heavy (non-hydrogen) atoms. The van der Waals surface area contributed by atoms with E-state index in [0.29, 0.717) is 24.7 Å². The summed E-state index contributed by atoms with van der Waals surface area (Å²) in [5.74, 6) is 1.95. The fourth-order valence-electron chi connectivity index (χ4n) is 2.89. The first-order valence-corrected chi connectivity index (χ1v) is 9.12. The summed E-state index contributed by atoms with van der Waals surface area (Å²) in [4.78, 5) is 14.9. The predicted molar refractivity (Wildman–Crippen MR) is 101 cm³/mol. The molecule has 1 aromatic carbocycles. The summed E-state index contributed by atoms with van der Waals surface area (Å²) in [6, 6.07) is 11.6. The summed E-state index contributed by atoms with van der Waals surface area (Å²) in [7, 11) is 0. The van der Waals surface area contributed by atoms with Crippen LogP contribution in [-0.2, 0) is 17.8 Å². The van der Waals surface area contributed by atoms with Crippen molar-refractivity contribution >= 4 is 5.91 Å². The van der Waals surface area contributed by atoms with Crippen LogP contribution in [0.2, 0.25) is 0 Å². The molecule has 0 aliphatic carbocycles. The van der Waals surface area contributed by atoms with E-state index in [9.17, 15) is 4.79 Å². The van der Waals surface area contributed by atoms with Crippen LogP contribution in [0.3, 0.4) is 0 Å². The van der Waals surface area contributed by atoms with Gasteiger partial charge in [0.1, 0.15) is 5.76 Å². The van der Waals surface area contributed by atoms with Gasteiger partial charge in [-0.1, -0.05) is 26.0 Å². The van der Waals surface area contributed by atoms with E-state index in [1.807, 2.05) is 48.2 Å². The van der Waals surface area contributed by atoms with Crippen LogP contribution in [0.25, 0.3) is 5.69 Å². The number of carbonyl (C=O) groups excluding carboxylic acids is 1. The van der Waals surface area contributed by atoms with Gasteiger partial charge in [0.25, 0.3) is 0 Å². The van der Waals surface area contributed by atoms with Gasteiger partial charge in [-0.2, -0.15) is 4.68 Å². The molecule has 2 aromatic heterocycles. The molecule has 3 aromatic rings. The first-order chi connectivity index (χ1) is 13.0. The van der Waals surface area contributed by atoms with E-state index in [4.69, 9.17) is 4.42 Å². The van der Waals surface area contributed by atoms with Crippen molar-refractivity contribution < 1.29 is 9.21 Å². The molecular formula is C20H25N5O2. The normalized spacial score (nSPS) is 12.3. The molecule has 7 heteroatoms. The van der Waals surface area contributed by atoms with Gasteiger partial charge in [0.2, 0.25) is 5.91 Å². The average molecular weight is 367 g/mol. The Morgan fingerprint density at radius 2 is 1.93 bits per heavy atom. The summed E-state index contributed by atoms with van der Waals surface area (Å²) >= 11 is 0. The zero-order chi connectivity index (χ0) is 19.4. The van der Waals surface area contributed by atoms with Crippen molar-refractivity contribution in [1.29, 1.82) is 0 Å². The molecule has 0 saturated carbocycles. The van der Waals surface area contributed by atoms with Crippen LogP contribution in [0, 0.1) is 12.8 Å². The van der Waals surface area contributed by atoms with Crippen LogP contribution in [0.5, 0.6) is 0 Å². The summed E-state index contributed by atoms with van der Waals surface area (Å²) in [5.41, 5.74) is 1.83. The van der Waals surface area contributed by atoms with Crippen molar-refractivity contribution in [3.05, 3.63) is 59.8 Å². The Morgan fingerprint density at radius 3 is 2.48 bits per heavy atom. The number of rotatable bonds is 7. The fourth-order valence-corrected chi connectivity index (χ4v) is 2.89. The minimum Gasteiger partial charge on any atom is -0.467 e. The number of hydrogen-bond donors (Lipinski definition) is 0. The molecular weight excluding hydrogens is 342 g/mol. The standard InChI is InChI=1S/C20H25N5O2/c1-14(2)15(3)24(13-19-6-5-11-27-19)20(26)12-17-7-9-18(10-8-17)25-16(4)21-22-23-25/h5-11,14-15H,12-13H2,1-4H3. The topological polar surface area (TPSA) is 77.1 Å². The summed E-state index contributed by atoms with van der Waals surface area (Å²) in [6.07, 6.45) is 1.98. The Bertz CT molecular complexity index is 868. The Morgan fingerprint density at radius 1 is 1.19 bits per heavy atom. The SMILES string of the molecule is Cc1nnnn1-c1ccc(CC(=O)N(Cc2ccco2)C(C)C(C)C)cc1. The highest BCUT2D eigenvalue weighted by molar-refractivity contribution is 5.79. The van der Waals surface area contributed by atoms with Crippen LogP contribution in [0.4, 0.5) is 0 Å². The second-order valence-electron chi connectivity index (χ2n) is 7.07. The second-order valence-corrected chi connectivity index (χ2v) is 7.07. The van der Waals surface area contributed by atoms with E-state index < -0.39 is 0 Å². The van der Waals surface area contributed by atoms with Crippen molar-refractivity contribution in [1.82, 2.24) is 25.1 Å². The third kappa shape index (κ3) is 4.42. The smallest absolute Gasteiger partial charge is 0.227 e. The van der Waals surface area contributed by atoms with E-state index in [0.717, 1.165) is 17.0 Å². The fraction of sp³-hybridized carbons (Fsp3) is 0.400. The highest BCUT2D eigenvalue weighted by Gasteiger charge is 2.23. The number of aryl methyl sites for hydroxylation is 1. The molecule has 3 rings (SSSR count). The van der Waals surface area contributed by atoms with Crippen LogP contribution in [0.15, 0.2) is 47.1 Å². The molecule has 142 valence electrons. The summed E-state index contributed by atoms with van der Waals surface area (Å²) in [6.45, 7) is 8.64. The highest BCUT2D eigenvalue weighted by Crippen LogP contribution is 2.18. The Balaban J connectivity index is 1.73. The van der Waals surface area contributed by atoms with Gasteiger partial charge in [-0.3, -0.25) is 4.79 Å². The van der Waals surface area contributed by atoms with Crippen molar-refractivity contribution in [2.45, 2.75) is 46.7 Å². The Hall–Kier alpha value is -2.96. The zero-order valence-electron chi connectivity index (χ0n) is 16.2. The maximum atomic E-state index is 13.0. The average Bonchev–Trinajstić information content (AvgIpc) is 3.31. The minimum absolute atomic E-state index is 0.0824. The number of tetrazole rings is 1. The molecule has 0 radical (unpaired) electrons. The molecule has 1 amide bonds. The number of hydrogen-bond acceptors (Lipinski definition) is 5. The largest absolute Gasteiger partial charge is 0.467 e. The van der Waals surface area contributed by atoms with E-state index >= 15 is 0 Å². The van der Waals surface area contributed by atoms with Crippen LogP contribution in [0.1, 0.15) is 37.9 Å². The van der Waals surface area contributed by atoms with Gasteiger partial charge in [-0.05, 0) is 60.0 Å². The van der Waals surface area contributed by atoms with Crippen molar-refractivity contribution in [3.8, 4) is 5.69 Å². The first kappa shape index (κ1) is 18.8. The number of nitrogens with zero attached hydrogens (tertiary/aromatic N) is 5. The molecule has 0 N–H and O–H groups in total. The Labute approximate surface area is 159 Å². The lowest BCUT2D eigenvalue weighted by Gasteiger charge is -2.31. The second kappa shape index (κ2) is 8.16. The van der Waals surface area contributed by atoms with Crippen molar-refractivity contribution in [2.75, 3.05) is 0 Å². The highest BCUT2D eigenvalue weighted by atomic mass is 16.3. The van der Waals surface area contributed by atoms with Gasteiger partial charge in [0.05, 0.1) is 24.9 Å². The lowest BCUT2D eigenvalue weighted by Crippen LogP contribution is -2.41. The number of aromatic nitrogens is 4. The van der Waals surface area contributed by atoms with E-state index in [1.165, 1.54) is 0 Å². The molecule has 2 heterocycles. The van der Waals surface area contributed by atoms with Crippen LogP contribution in [-0.4, -0.2) is 37.1 Å². The summed E-state index contributed by atoms with van der Waals surface area (Å²) < 4.78 is 7.11. The van der Waals surface area contributed by atoms with E-state index in [2.05, 4.69) is 36.3 Å². The monoisotopic (exact) mass is 367 g/mol. The van der Waals surface area contributed by atoms with Gasteiger partial charge in [0, 0.05) is 6.04 Å². The maximum Gasteiger partial charge on any atom is 0.227 e. The van der Waals surface area contributed by atoms with Gasteiger partial charge < -0.3 is 9.32 Å². The lowest BCUT2D eigenvalue weighted by atomic mass is 10.0. The number of benzene rings is 1. The third-order valence-corrected chi connectivity index (χ3v) is 4.84. The predicted octanol–water partition coefficient (Wildman–Crippen LogP) is 3.18. The van der Waals surface area contributed by atoms with Crippen LogP contribution >= 0.6 is 0 Å². The first-order valence-electron chi connectivity index (χ1n) is 9.12. The molecule has 1 atom stereocenters. The van der Waals surface area contributed by atoms with Crippen LogP contribution < -0.4 is 0 Å². The maximum absolute atomic E-state index is 13.0. The van der Waals surface area contributed by atoms with E-state index in [1.54, 1.807) is 10.9 Å². The summed E-state index contributed by atoms with van der Waals surface area (Å²) in [5, 5.41) is 11.5. The minimum atomic E-state index is 0.0824. The lowest BCUT2D eigenvalue weighted by molar-refractivity contribution is -0.134. The molecule has 0 fully saturated rings. The molecule has 0 bridgehead atoms. The molecule has 0 saturated heterocycles. The molecule has 0 aliphatic heterocycles. The Kier molecular flexibility index (Phi) is 5.69. The zero-order valence-corrected chi connectivity index (χ0v) is 16.2. The van der Waals surface area contributed by atoms with Gasteiger partial charge in [0.15, 0.2) is 5.82 Å². The number of carbonyl (C=O) groups is 1. The van der Waals surface area contributed by atoms with Gasteiger partial charge in [-0.25, -0.2) is 0 Å². The third-order valence-electron chi connectivity index (χ3n) is 4.84. The van der Waals surface area contributed by atoms with Crippen molar-refractivity contribution in [2.24, 2.45) is 5.92 Å². The molecule has 0 spiro atoms. The van der Waals surface area contributed by atoms with E-state index in [-0.39, 0.29) is 11.9 Å². The van der Waals surface area contributed by atoms with Gasteiger partial charge in [-0.15, -0.1) is 5.10 Å². The van der Waals surface area contributed by atoms with Crippen molar-refractivity contribution in [3.63, 3.8) is 0 Å². The van der Waals surface area contributed by atoms with Gasteiger partial charge >= 0.3 is 0 Å². The molecule has 7 nitrogen and oxygen atoms in total. The number of amides is 1. The molecule has 0 aliphatic rings. The quantitative estimate of drug-likeness (QED) is 0.641. The number of furan rings is 1. The molecule has 1 unspecified atom stereocenters.